The van der Waals surface area contributed by atoms with Crippen molar-refractivity contribution >= 4 is 68.7 Å². The van der Waals surface area contributed by atoms with Gasteiger partial charge in [-0.05, 0) is 188 Å². The molecular weight excluding hydrogens is 1100 g/mol. The number of rotatable bonds is 35. The highest BCUT2D eigenvalue weighted by Crippen LogP contribution is 2.36. The second kappa shape index (κ2) is 35.4. The fourth-order valence-corrected chi connectivity index (χ4v) is 11.0. The molecule has 0 radical (unpaired) electrons. The van der Waals surface area contributed by atoms with Gasteiger partial charge in [-0.3, -0.25) is 19.2 Å². The fraction of sp³-hybridized carbons (Fsp3) is 0.463. The summed E-state index contributed by atoms with van der Waals surface area (Å²) in [6.45, 7) is 11.4. The number of hydrogen-bond donors (Lipinski definition) is 0. The second-order valence-corrected chi connectivity index (χ2v) is 22.4. The lowest BCUT2D eigenvalue weighted by Gasteiger charge is -2.26. The summed E-state index contributed by atoms with van der Waals surface area (Å²) in [5.41, 5.74) is 1.29. The van der Waals surface area contributed by atoms with Crippen LogP contribution >= 0.6 is 11.3 Å². The van der Waals surface area contributed by atoms with Crippen molar-refractivity contribution in [2.24, 2.45) is 28.8 Å². The van der Waals surface area contributed by atoms with Crippen molar-refractivity contribution in [3.05, 3.63) is 122 Å². The molecule has 0 aliphatic heterocycles. The van der Waals surface area contributed by atoms with Crippen LogP contribution < -0.4 is 33.4 Å². The van der Waals surface area contributed by atoms with Crippen molar-refractivity contribution in [3.8, 4) is 34.5 Å². The standard InChI is InChI=1S/C67H81N3O14S/c1-4-7-8-9-16-41-70(67-69-58-21-14-15-22-60(58)85-67)68-47-52-46-57(83-65(75)50-25-23-48(24-26-50)63(73)81-55-35-31-53(32-36-55)77-42-17-10-12-19-44-79-61(71)5-2)39-40-59(52)84-66(76)51-29-27-49(28-30-51)64(74)82-56-37-33-54(34-38-56)78-43-18-11-13-20-45-80-62(72)6-3/h5-6,14-15,21-22,31-40,46-51H,2-4,7-13,16-20,23-30,41-45H2,1H3. The van der Waals surface area contributed by atoms with E-state index in [4.69, 9.17) is 48.0 Å². The van der Waals surface area contributed by atoms with Crippen molar-refractivity contribution < 1.29 is 66.7 Å². The molecule has 1 aromatic heterocycles. The molecule has 0 bridgehead atoms. The number of hydrazone groups is 1. The Bertz CT molecular complexity index is 2950. The number of anilines is 1. The summed E-state index contributed by atoms with van der Waals surface area (Å²) in [7, 11) is 0. The van der Waals surface area contributed by atoms with Crippen molar-refractivity contribution in [2.75, 3.05) is 38.0 Å². The number of ether oxygens (including phenoxy) is 8. The third-order valence-electron chi connectivity index (χ3n) is 15.0. The van der Waals surface area contributed by atoms with Crippen LogP contribution in [0.4, 0.5) is 5.13 Å². The Morgan fingerprint density at radius 1 is 0.518 bits per heavy atom. The minimum absolute atomic E-state index is 0.244. The molecule has 1 heterocycles. The number of thiazole rings is 1. The molecule has 0 N–H and O–H groups in total. The first-order chi connectivity index (χ1) is 41.5. The van der Waals surface area contributed by atoms with Gasteiger partial charge in [0, 0.05) is 24.3 Å². The molecule has 2 aliphatic carbocycles. The molecular formula is C67H81N3O14S. The average molecular weight is 1180 g/mol. The summed E-state index contributed by atoms with van der Waals surface area (Å²) in [5, 5.41) is 7.55. The molecule has 2 aliphatic rings. The lowest BCUT2D eigenvalue weighted by atomic mass is 9.82. The Morgan fingerprint density at radius 3 is 1.42 bits per heavy atom. The van der Waals surface area contributed by atoms with Gasteiger partial charge in [0.05, 0.1) is 66.5 Å². The lowest BCUT2D eigenvalue weighted by Crippen LogP contribution is -2.30. The molecule has 2 fully saturated rings. The number of hydrogen-bond acceptors (Lipinski definition) is 18. The Labute approximate surface area is 503 Å². The molecule has 7 rings (SSSR count). The third-order valence-corrected chi connectivity index (χ3v) is 16.1. The molecule has 85 heavy (non-hydrogen) atoms. The number of para-hydroxylation sites is 1. The Kier molecular flexibility index (Phi) is 27.0. The van der Waals surface area contributed by atoms with Gasteiger partial charge >= 0.3 is 35.8 Å². The zero-order chi connectivity index (χ0) is 60.0. The normalized spacial score (nSPS) is 16.6. The van der Waals surface area contributed by atoms with Gasteiger partial charge in [0.25, 0.3) is 0 Å². The number of benzene rings is 4. The summed E-state index contributed by atoms with van der Waals surface area (Å²) in [5.74, 6) is -1.39. The van der Waals surface area contributed by atoms with E-state index in [0.717, 1.165) is 111 Å². The van der Waals surface area contributed by atoms with Crippen LogP contribution in [-0.2, 0) is 38.2 Å². The molecule has 0 saturated heterocycles. The van der Waals surface area contributed by atoms with Crippen LogP contribution in [0, 0.1) is 23.7 Å². The van der Waals surface area contributed by atoms with Gasteiger partial charge in [-0.25, -0.2) is 19.6 Å². The first-order valence-electron chi connectivity index (χ1n) is 30.2. The van der Waals surface area contributed by atoms with Crippen LogP contribution in [-0.4, -0.2) is 80.0 Å². The van der Waals surface area contributed by atoms with E-state index >= 15 is 0 Å². The van der Waals surface area contributed by atoms with Crippen LogP contribution in [0.3, 0.4) is 0 Å². The first-order valence-corrected chi connectivity index (χ1v) is 31.0. The number of fused-ring (bicyclic) bond motifs is 1. The predicted molar refractivity (Wildman–Crippen MR) is 326 cm³/mol. The second-order valence-electron chi connectivity index (χ2n) is 21.4. The zero-order valence-corrected chi connectivity index (χ0v) is 49.8. The van der Waals surface area contributed by atoms with E-state index in [9.17, 15) is 28.8 Å². The molecule has 0 atom stereocenters. The summed E-state index contributed by atoms with van der Waals surface area (Å²) >= 11 is 1.54. The van der Waals surface area contributed by atoms with Crippen molar-refractivity contribution in [3.63, 3.8) is 0 Å². The number of carbonyl (C=O) groups excluding carboxylic acids is 6. The molecule has 18 heteroatoms. The highest BCUT2D eigenvalue weighted by atomic mass is 32.1. The van der Waals surface area contributed by atoms with E-state index < -0.39 is 35.7 Å². The van der Waals surface area contributed by atoms with E-state index in [1.165, 1.54) is 0 Å². The fourth-order valence-electron chi connectivity index (χ4n) is 10.0. The topological polar surface area (TPSA) is 205 Å². The van der Waals surface area contributed by atoms with Crippen LogP contribution in [0.15, 0.2) is 121 Å². The molecule has 0 amide bonds. The smallest absolute Gasteiger partial charge is 0.330 e. The molecule has 2 saturated carbocycles. The van der Waals surface area contributed by atoms with Gasteiger partial charge in [-0.1, -0.05) is 69.2 Å². The first kappa shape index (κ1) is 64.7. The minimum atomic E-state index is -0.464. The Morgan fingerprint density at radius 2 is 0.941 bits per heavy atom. The van der Waals surface area contributed by atoms with E-state index in [1.54, 1.807) is 84.3 Å². The SMILES string of the molecule is C=CC(=O)OCCCCCCOc1ccc(OC(=O)C2CCC(C(=O)Oc3ccc(OC(=O)C4CCC(C(=O)Oc5ccc(OCCCCCCOC(=O)C=C)cc5)CC4)c(C=NN(CCCCCCC)c4nc5ccccc5s4)c3)CC2)cc1. The maximum absolute atomic E-state index is 14.0. The van der Waals surface area contributed by atoms with Gasteiger partial charge in [-0.2, -0.15) is 5.10 Å². The third kappa shape index (κ3) is 21.9. The molecule has 17 nitrogen and oxygen atoms in total. The predicted octanol–water partition coefficient (Wildman–Crippen LogP) is 14.1. The largest absolute Gasteiger partial charge is 0.494 e. The van der Waals surface area contributed by atoms with Crippen LogP contribution in [0.25, 0.3) is 10.2 Å². The minimum Gasteiger partial charge on any atom is -0.494 e. The van der Waals surface area contributed by atoms with Crippen LogP contribution in [0.2, 0.25) is 0 Å². The Hall–Kier alpha value is -7.86. The number of carbonyl (C=O) groups is 6. The molecule has 5 aromatic rings. The lowest BCUT2D eigenvalue weighted by molar-refractivity contribution is -0.145. The summed E-state index contributed by atoms with van der Waals surface area (Å²) in [6.07, 6.45) is 19.7. The summed E-state index contributed by atoms with van der Waals surface area (Å²) in [4.78, 5) is 81.6. The molecule has 454 valence electrons. The number of unbranched alkanes of at least 4 members (excludes halogenated alkanes) is 10. The highest BCUT2D eigenvalue weighted by Gasteiger charge is 2.34. The van der Waals surface area contributed by atoms with E-state index in [-0.39, 0.29) is 35.3 Å². The van der Waals surface area contributed by atoms with Gasteiger partial charge in [0.2, 0.25) is 5.13 Å². The van der Waals surface area contributed by atoms with Crippen LogP contribution in [0.1, 0.15) is 147 Å². The summed E-state index contributed by atoms with van der Waals surface area (Å²) in [6, 6.07) is 26.7. The average Bonchev–Trinajstić information content (AvgIpc) is 4.18. The van der Waals surface area contributed by atoms with Gasteiger partial charge in [0.1, 0.15) is 34.5 Å². The molecule has 0 unspecified atom stereocenters. The Balaban J connectivity index is 0.916. The number of aromatic nitrogens is 1. The van der Waals surface area contributed by atoms with E-state index in [1.807, 2.05) is 29.3 Å². The number of esters is 6. The maximum Gasteiger partial charge on any atom is 0.330 e. The zero-order valence-electron chi connectivity index (χ0n) is 49.0. The maximum atomic E-state index is 14.0. The number of nitrogens with zero attached hydrogens (tertiary/aromatic N) is 3. The van der Waals surface area contributed by atoms with Crippen molar-refractivity contribution in [1.82, 2.24) is 4.98 Å². The van der Waals surface area contributed by atoms with Gasteiger partial charge < -0.3 is 37.9 Å². The van der Waals surface area contributed by atoms with Crippen molar-refractivity contribution in [1.29, 1.82) is 0 Å². The molecule has 0 spiro atoms. The summed E-state index contributed by atoms with van der Waals surface area (Å²) < 4.78 is 46.4. The van der Waals surface area contributed by atoms with E-state index in [2.05, 4.69) is 20.1 Å². The quantitative estimate of drug-likeness (QED) is 0.00924. The van der Waals surface area contributed by atoms with Crippen molar-refractivity contribution in [2.45, 2.75) is 142 Å². The van der Waals surface area contributed by atoms with Crippen LogP contribution in [0.5, 0.6) is 34.5 Å². The monoisotopic (exact) mass is 1180 g/mol. The van der Waals surface area contributed by atoms with E-state index in [0.29, 0.717) is 113 Å². The highest BCUT2D eigenvalue weighted by molar-refractivity contribution is 7.22. The molecule has 4 aromatic carbocycles. The van der Waals surface area contributed by atoms with Gasteiger partial charge in [0.15, 0.2) is 0 Å². The van der Waals surface area contributed by atoms with Gasteiger partial charge in [-0.15, -0.1) is 0 Å².